The van der Waals surface area contributed by atoms with Crippen molar-refractivity contribution in [1.29, 1.82) is 0 Å². The molecule has 4 nitrogen and oxygen atoms in total. The van der Waals surface area contributed by atoms with Gasteiger partial charge in [-0.2, -0.15) is 0 Å². The summed E-state index contributed by atoms with van der Waals surface area (Å²) in [5, 5.41) is 2.64. The molecule has 0 unspecified atom stereocenters. The van der Waals surface area contributed by atoms with Gasteiger partial charge >= 0.3 is 6.09 Å². The van der Waals surface area contributed by atoms with Crippen LogP contribution in [0.1, 0.15) is 49.5 Å². The molecule has 0 radical (unpaired) electrons. The van der Waals surface area contributed by atoms with Crippen LogP contribution in [0.5, 0.6) is 0 Å². The van der Waals surface area contributed by atoms with Gasteiger partial charge in [-0.25, -0.2) is 4.79 Å². The molecule has 1 N–H and O–H groups in total. The van der Waals surface area contributed by atoms with Crippen molar-refractivity contribution >= 4 is 11.9 Å². The van der Waals surface area contributed by atoms with Crippen LogP contribution >= 0.6 is 0 Å². The number of ether oxygens (including phenoxy) is 1. The maximum absolute atomic E-state index is 11.9. The molecular weight excluding hydrogens is 254 g/mol. The smallest absolute Gasteiger partial charge is 0.407 e. The lowest BCUT2D eigenvalue weighted by atomic mass is 10.1. The van der Waals surface area contributed by atoms with Crippen LogP contribution < -0.4 is 5.32 Å². The molecule has 0 aromatic heterocycles. The van der Waals surface area contributed by atoms with E-state index >= 15 is 0 Å². The average molecular weight is 277 g/mol. The Morgan fingerprint density at radius 2 is 1.75 bits per heavy atom. The van der Waals surface area contributed by atoms with Crippen LogP contribution in [0.2, 0.25) is 0 Å². The van der Waals surface area contributed by atoms with E-state index in [4.69, 9.17) is 4.74 Å². The number of aryl methyl sites for hydroxylation is 1. The fourth-order valence-electron chi connectivity index (χ4n) is 1.64. The molecule has 1 amide bonds. The SMILES string of the molecule is Cc1ccc(C(=O)CCCNC(=O)OC(C)(C)C)cc1. The van der Waals surface area contributed by atoms with E-state index in [1.807, 2.05) is 52.0 Å². The van der Waals surface area contributed by atoms with Gasteiger partial charge in [0.15, 0.2) is 5.78 Å². The zero-order chi connectivity index (χ0) is 15.2. The molecule has 4 heteroatoms. The molecule has 0 fully saturated rings. The average Bonchev–Trinajstić information content (AvgIpc) is 2.33. The van der Waals surface area contributed by atoms with E-state index in [0.29, 0.717) is 24.9 Å². The summed E-state index contributed by atoms with van der Waals surface area (Å²) in [4.78, 5) is 23.3. The molecule has 0 aliphatic carbocycles. The number of ketones is 1. The first kappa shape index (κ1) is 16.2. The minimum absolute atomic E-state index is 0.0935. The summed E-state index contributed by atoms with van der Waals surface area (Å²) >= 11 is 0. The number of Topliss-reactive ketones (excluding diaryl/α,β-unsaturated/α-hetero) is 1. The second kappa shape index (κ2) is 7.08. The third kappa shape index (κ3) is 6.36. The van der Waals surface area contributed by atoms with Gasteiger partial charge in [-0.05, 0) is 34.1 Å². The van der Waals surface area contributed by atoms with Crippen molar-refractivity contribution in [2.75, 3.05) is 6.54 Å². The maximum Gasteiger partial charge on any atom is 0.407 e. The van der Waals surface area contributed by atoms with E-state index in [2.05, 4.69) is 5.32 Å². The van der Waals surface area contributed by atoms with E-state index in [-0.39, 0.29) is 5.78 Å². The van der Waals surface area contributed by atoms with Gasteiger partial charge in [0.1, 0.15) is 5.60 Å². The summed E-state index contributed by atoms with van der Waals surface area (Å²) in [7, 11) is 0. The molecular formula is C16H23NO3. The van der Waals surface area contributed by atoms with Crippen LogP contribution in [0.15, 0.2) is 24.3 Å². The van der Waals surface area contributed by atoms with Crippen molar-refractivity contribution in [2.45, 2.75) is 46.1 Å². The zero-order valence-corrected chi connectivity index (χ0v) is 12.7. The second-order valence-corrected chi connectivity index (χ2v) is 5.82. The lowest BCUT2D eigenvalue weighted by Crippen LogP contribution is -2.33. The van der Waals surface area contributed by atoms with E-state index in [9.17, 15) is 9.59 Å². The molecule has 0 heterocycles. The standard InChI is InChI=1S/C16H23NO3/c1-12-7-9-13(10-8-12)14(18)6-5-11-17-15(19)20-16(2,3)4/h7-10H,5-6,11H2,1-4H3,(H,17,19). The Kier molecular flexibility index (Phi) is 5.74. The number of carbonyl (C=O) groups excluding carboxylic acids is 2. The molecule has 1 aromatic carbocycles. The summed E-state index contributed by atoms with van der Waals surface area (Å²) in [6.07, 6.45) is 0.574. The van der Waals surface area contributed by atoms with Crippen LogP contribution in [-0.2, 0) is 4.74 Å². The first-order chi connectivity index (χ1) is 9.28. The highest BCUT2D eigenvalue weighted by Gasteiger charge is 2.15. The lowest BCUT2D eigenvalue weighted by Gasteiger charge is -2.19. The summed E-state index contributed by atoms with van der Waals surface area (Å²) in [5.74, 6) is 0.0935. The zero-order valence-electron chi connectivity index (χ0n) is 12.7. The van der Waals surface area contributed by atoms with Gasteiger partial charge < -0.3 is 10.1 Å². The number of nitrogens with one attached hydrogen (secondary N) is 1. The fraction of sp³-hybridized carbons (Fsp3) is 0.500. The molecule has 0 saturated heterocycles. The van der Waals surface area contributed by atoms with Crippen LogP contribution in [0.4, 0.5) is 4.79 Å². The molecule has 0 atom stereocenters. The highest BCUT2D eigenvalue weighted by molar-refractivity contribution is 5.96. The van der Waals surface area contributed by atoms with E-state index < -0.39 is 11.7 Å². The molecule has 0 spiro atoms. The number of rotatable bonds is 5. The Morgan fingerprint density at radius 3 is 2.30 bits per heavy atom. The van der Waals surface area contributed by atoms with Gasteiger partial charge in [0.2, 0.25) is 0 Å². The minimum atomic E-state index is -0.498. The maximum atomic E-state index is 11.9. The molecule has 0 aliphatic heterocycles. The van der Waals surface area contributed by atoms with Crippen LogP contribution in [0.25, 0.3) is 0 Å². The summed E-state index contributed by atoms with van der Waals surface area (Å²) in [6, 6.07) is 7.51. The highest BCUT2D eigenvalue weighted by Crippen LogP contribution is 2.08. The Hall–Kier alpha value is -1.84. The molecule has 1 aromatic rings. The largest absolute Gasteiger partial charge is 0.444 e. The molecule has 1 rings (SSSR count). The number of hydrogen-bond acceptors (Lipinski definition) is 3. The van der Waals surface area contributed by atoms with Crippen LogP contribution in [-0.4, -0.2) is 24.0 Å². The monoisotopic (exact) mass is 277 g/mol. The molecule has 0 saturated carbocycles. The molecule has 0 bridgehead atoms. The van der Waals surface area contributed by atoms with Crippen molar-refractivity contribution in [3.05, 3.63) is 35.4 Å². The Balaban J connectivity index is 2.26. The van der Waals surface area contributed by atoms with Crippen molar-refractivity contribution < 1.29 is 14.3 Å². The quantitative estimate of drug-likeness (QED) is 0.662. The van der Waals surface area contributed by atoms with E-state index in [1.165, 1.54) is 0 Å². The van der Waals surface area contributed by atoms with Gasteiger partial charge in [-0.3, -0.25) is 4.79 Å². The van der Waals surface area contributed by atoms with Crippen LogP contribution in [0.3, 0.4) is 0 Å². The predicted octanol–water partition coefficient (Wildman–Crippen LogP) is 3.48. The Morgan fingerprint density at radius 1 is 1.15 bits per heavy atom. The first-order valence-electron chi connectivity index (χ1n) is 6.84. The van der Waals surface area contributed by atoms with E-state index in [0.717, 1.165) is 5.56 Å². The summed E-state index contributed by atoms with van der Waals surface area (Å²) < 4.78 is 5.11. The number of carbonyl (C=O) groups is 2. The van der Waals surface area contributed by atoms with Crippen molar-refractivity contribution in [2.24, 2.45) is 0 Å². The van der Waals surface area contributed by atoms with Crippen molar-refractivity contribution in [3.8, 4) is 0 Å². The number of amides is 1. The topological polar surface area (TPSA) is 55.4 Å². The predicted molar refractivity (Wildman–Crippen MR) is 79.0 cm³/mol. The normalized spacial score (nSPS) is 11.0. The van der Waals surface area contributed by atoms with Gasteiger partial charge in [0.05, 0.1) is 0 Å². The van der Waals surface area contributed by atoms with Gasteiger partial charge in [-0.15, -0.1) is 0 Å². The lowest BCUT2D eigenvalue weighted by molar-refractivity contribution is 0.0525. The molecule has 110 valence electrons. The Bertz CT molecular complexity index is 458. The van der Waals surface area contributed by atoms with Gasteiger partial charge in [-0.1, -0.05) is 29.8 Å². The fourth-order valence-corrected chi connectivity index (χ4v) is 1.64. The van der Waals surface area contributed by atoms with E-state index in [1.54, 1.807) is 0 Å². The summed E-state index contributed by atoms with van der Waals surface area (Å²) in [6.45, 7) is 7.86. The number of alkyl carbamates (subject to hydrolysis) is 1. The van der Waals surface area contributed by atoms with Gasteiger partial charge in [0.25, 0.3) is 0 Å². The van der Waals surface area contributed by atoms with Crippen molar-refractivity contribution in [1.82, 2.24) is 5.32 Å². The summed E-state index contributed by atoms with van der Waals surface area (Å²) in [5.41, 5.74) is 1.35. The molecule has 0 aliphatic rings. The van der Waals surface area contributed by atoms with Gasteiger partial charge in [0, 0.05) is 18.5 Å². The van der Waals surface area contributed by atoms with Crippen LogP contribution in [0, 0.1) is 6.92 Å². The third-order valence-electron chi connectivity index (χ3n) is 2.62. The van der Waals surface area contributed by atoms with Crippen molar-refractivity contribution in [3.63, 3.8) is 0 Å². The minimum Gasteiger partial charge on any atom is -0.444 e. The number of hydrogen-bond donors (Lipinski definition) is 1. The second-order valence-electron chi connectivity index (χ2n) is 5.82. The third-order valence-corrected chi connectivity index (χ3v) is 2.62. The number of benzene rings is 1. The highest BCUT2D eigenvalue weighted by atomic mass is 16.6. The Labute approximate surface area is 120 Å². The first-order valence-corrected chi connectivity index (χ1v) is 6.84. The molecule has 20 heavy (non-hydrogen) atoms.